The summed E-state index contributed by atoms with van der Waals surface area (Å²) in [5.74, 6) is 0. The molecule has 0 radical (unpaired) electrons. The minimum Gasteiger partial charge on any atom is -0.342 e. The minimum atomic E-state index is 0.708. The van der Waals surface area contributed by atoms with Crippen molar-refractivity contribution in [3.05, 3.63) is 45.9 Å². The zero-order chi connectivity index (χ0) is 12.1. The Bertz CT molecular complexity index is 505. The van der Waals surface area contributed by atoms with E-state index in [0.717, 1.165) is 25.1 Å². The molecule has 1 N–H and O–H groups in total. The molecule has 0 saturated heterocycles. The van der Waals surface area contributed by atoms with Crippen LogP contribution >= 0.6 is 11.3 Å². The molecule has 0 bridgehead atoms. The van der Waals surface area contributed by atoms with Crippen LogP contribution in [0.3, 0.4) is 0 Å². The third-order valence-electron chi connectivity index (χ3n) is 2.68. The number of aromatic nitrogens is 1. The van der Waals surface area contributed by atoms with Crippen LogP contribution < -0.4 is 5.32 Å². The molecule has 0 unspecified atom stereocenters. The van der Waals surface area contributed by atoms with E-state index in [1.165, 1.54) is 5.56 Å². The lowest BCUT2D eigenvalue weighted by atomic mass is 10.2. The van der Waals surface area contributed by atoms with E-state index in [9.17, 15) is 0 Å². The Hall–Kier alpha value is -1.57. The average Bonchev–Trinajstić information content (AvgIpc) is 2.94. The fourth-order valence-electron chi connectivity index (χ4n) is 1.74. The smallest absolute Gasteiger partial charge is 0.120 e. The van der Waals surface area contributed by atoms with Crippen LogP contribution in [0.5, 0.6) is 0 Å². The van der Waals surface area contributed by atoms with Gasteiger partial charge in [0.25, 0.3) is 0 Å². The second-order valence-corrected chi connectivity index (χ2v) is 4.79. The van der Waals surface area contributed by atoms with Crippen molar-refractivity contribution in [2.75, 3.05) is 6.54 Å². The maximum absolute atomic E-state index is 8.84. The van der Waals surface area contributed by atoms with Crippen LogP contribution in [0.2, 0.25) is 0 Å². The highest BCUT2D eigenvalue weighted by Crippen LogP contribution is 2.07. The molecule has 0 fully saturated rings. The fourth-order valence-corrected chi connectivity index (χ4v) is 2.44. The Balaban J connectivity index is 1.76. The molecular weight excluding hydrogens is 230 g/mol. The third kappa shape index (κ3) is 3.19. The number of hydrogen-bond acceptors (Lipinski definition) is 3. The van der Waals surface area contributed by atoms with Gasteiger partial charge in [0.15, 0.2) is 0 Å². The largest absolute Gasteiger partial charge is 0.342 e. The maximum Gasteiger partial charge on any atom is 0.120 e. The summed E-state index contributed by atoms with van der Waals surface area (Å²) < 4.78 is 1.86. The summed E-state index contributed by atoms with van der Waals surface area (Å²) >= 11 is 1.74. The molecule has 0 atom stereocenters. The van der Waals surface area contributed by atoms with Crippen LogP contribution in [0.25, 0.3) is 0 Å². The lowest BCUT2D eigenvalue weighted by molar-refractivity contribution is 0.686. The highest BCUT2D eigenvalue weighted by Gasteiger charge is 2.01. The van der Waals surface area contributed by atoms with E-state index in [-0.39, 0.29) is 0 Å². The molecule has 0 aliphatic heterocycles. The van der Waals surface area contributed by atoms with Gasteiger partial charge < -0.3 is 9.88 Å². The van der Waals surface area contributed by atoms with E-state index < -0.39 is 0 Å². The van der Waals surface area contributed by atoms with Crippen molar-refractivity contribution in [2.45, 2.75) is 13.0 Å². The first-order chi connectivity index (χ1) is 8.29. The van der Waals surface area contributed by atoms with Crippen LogP contribution in [0.1, 0.15) is 16.8 Å². The molecule has 17 heavy (non-hydrogen) atoms. The number of hydrogen-bond donors (Lipinski definition) is 1. The van der Waals surface area contributed by atoms with Crippen molar-refractivity contribution in [1.82, 2.24) is 9.88 Å². The minimum absolute atomic E-state index is 0.708. The summed E-state index contributed by atoms with van der Waals surface area (Å²) in [5, 5.41) is 16.5. The summed E-state index contributed by atoms with van der Waals surface area (Å²) in [6.45, 7) is 1.78. The molecule has 2 rings (SSSR count). The van der Waals surface area contributed by atoms with Gasteiger partial charge in [-0.05, 0) is 47.0 Å². The molecule has 4 heteroatoms. The molecule has 88 valence electrons. The Kier molecular flexibility index (Phi) is 3.97. The molecule has 2 aromatic rings. The summed E-state index contributed by atoms with van der Waals surface area (Å²) in [6.07, 6.45) is 3.05. The topological polar surface area (TPSA) is 40.8 Å². The van der Waals surface area contributed by atoms with Crippen LogP contribution in [0.4, 0.5) is 0 Å². The Morgan fingerprint density at radius 2 is 2.35 bits per heavy atom. The number of rotatable bonds is 5. The molecule has 0 aliphatic carbocycles. The second kappa shape index (κ2) is 5.67. The summed E-state index contributed by atoms with van der Waals surface area (Å²) in [4.78, 5) is 0. The first-order valence-electron chi connectivity index (χ1n) is 5.56. The summed E-state index contributed by atoms with van der Waals surface area (Å²) in [6, 6.07) is 6.25. The first kappa shape index (κ1) is 11.9. The van der Waals surface area contributed by atoms with Crippen LogP contribution in [-0.4, -0.2) is 11.1 Å². The maximum atomic E-state index is 8.84. The van der Waals surface area contributed by atoms with E-state index in [0.29, 0.717) is 5.69 Å². The molecule has 0 amide bonds. The predicted molar refractivity (Wildman–Crippen MR) is 69.9 cm³/mol. The predicted octanol–water partition coefficient (Wildman–Crippen LogP) is 2.29. The van der Waals surface area contributed by atoms with E-state index in [1.807, 2.05) is 23.9 Å². The fraction of sp³-hybridized carbons (Fsp3) is 0.308. The number of thiophene rings is 1. The lowest BCUT2D eigenvalue weighted by Crippen LogP contribution is -2.16. The molecule has 0 spiro atoms. The molecule has 0 aliphatic rings. The van der Waals surface area contributed by atoms with Crippen molar-refractivity contribution in [3.63, 3.8) is 0 Å². The lowest BCUT2D eigenvalue weighted by Gasteiger charge is -2.01. The van der Waals surface area contributed by atoms with E-state index in [4.69, 9.17) is 5.26 Å². The van der Waals surface area contributed by atoms with Crippen LogP contribution in [-0.2, 0) is 20.0 Å². The highest BCUT2D eigenvalue weighted by atomic mass is 32.1. The second-order valence-electron chi connectivity index (χ2n) is 4.01. The molecule has 2 heterocycles. The van der Waals surface area contributed by atoms with Gasteiger partial charge in [-0.1, -0.05) is 0 Å². The monoisotopic (exact) mass is 245 g/mol. The number of nitrogens with one attached hydrogen (secondary N) is 1. The Morgan fingerprint density at radius 1 is 1.47 bits per heavy atom. The molecule has 2 aromatic heterocycles. The zero-order valence-electron chi connectivity index (χ0n) is 9.81. The van der Waals surface area contributed by atoms with Gasteiger partial charge in [-0.15, -0.1) is 0 Å². The van der Waals surface area contributed by atoms with Gasteiger partial charge in [-0.3, -0.25) is 0 Å². The average molecular weight is 245 g/mol. The van der Waals surface area contributed by atoms with Gasteiger partial charge in [0.05, 0.1) is 0 Å². The van der Waals surface area contributed by atoms with E-state index in [1.54, 1.807) is 11.3 Å². The molecule has 3 nitrogen and oxygen atoms in total. The zero-order valence-corrected chi connectivity index (χ0v) is 10.6. The number of aryl methyl sites for hydroxylation is 1. The van der Waals surface area contributed by atoms with E-state index in [2.05, 4.69) is 28.2 Å². The van der Waals surface area contributed by atoms with Gasteiger partial charge >= 0.3 is 0 Å². The van der Waals surface area contributed by atoms with Gasteiger partial charge in [0.2, 0.25) is 0 Å². The number of nitrogens with zero attached hydrogens (tertiary/aromatic N) is 2. The van der Waals surface area contributed by atoms with Crippen molar-refractivity contribution in [2.24, 2.45) is 7.05 Å². The van der Waals surface area contributed by atoms with Crippen molar-refractivity contribution in [1.29, 1.82) is 5.26 Å². The van der Waals surface area contributed by atoms with Gasteiger partial charge in [-0.2, -0.15) is 16.6 Å². The summed E-state index contributed by atoms with van der Waals surface area (Å²) in [7, 11) is 1.90. The first-order valence-corrected chi connectivity index (χ1v) is 6.51. The molecule has 0 saturated carbocycles. The Morgan fingerprint density at radius 3 is 3.00 bits per heavy atom. The van der Waals surface area contributed by atoms with Crippen LogP contribution in [0.15, 0.2) is 29.1 Å². The van der Waals surface area contributed by atoms with Crippen LogP contribution in [0, 0.1) is 11.3 Å². The van der Waals surface area contributed by atoms with Gasteiger partial charge in [0, 0.05) is 19.8 Å². The third-order valence-corrected chi connectivity index (χ3v) is 3.41. The van der Waals surface area contributed by atoms with Crippen molar-refractivity contribution >= 4 is 11.3 Å². The standard InChI is InChI=1S/C13H15N3S/c1-16-9-12(6-13(16)7-14)8-15-4-2-11-3-5-17-10-11/h3,5-6,9-10,15H,2,4,8H2,1H3. The molecular formula is C13H15N3S. The van der Waals surface area contributed by atoms with Crippen molar-refractivity contribution in [3.8, 4) is 6.07 Å². The SMILES string of the molecule is Cn1cc(CNCCc2ccsc2)cc1C#N. The van der Waals surface area contributed by atoms with Gasteiger partial charge in [-0.25, -0.2) is 0 Å². The quantitative estimate of drug-likeness (QED) is 0.821. The Labute approximate surface area is 105 Å². The highest BCUT2D eigenvalue weighted by molar-refractivity contribution is 7.07. The number of nitriles is 1. The van der Waals surface area contributed by atoms with Gasteiger partial charge in [0.1, 0.15) is 11.8 Å². The summed E-state index contributed by atoms with van der Waals surface area (Å²) in [5.41, 5.74) is 3.25. The van der Waals surface area contributed by atoms with E-state index >= 15 is 0 Å². The normalized spacial score (nSPS) is 10.4. The molecule has 0 aromatic carbocycles. The van der Waals surface area contributed by atoms with Crippen molar-refractivity contribution < 1.29 is 0 Å².